The first-order chi connectivity index (χ1) is 13.6. The summed E-state index contributed by atoms with van der Waals surface area (Å²) in [6.45, 7) is 11.2. The van der Waals surface area contributed by atoms with Gasteiger partial charge in [0.05, 0.1) is 0 Å². The maximum Gasteiger partial charge on any atom is 0.191 e. The number of rotatable bonds is 8. The Morgan fingerprint density at radius 1 is 1.29 bits per heavy atom. The van der Waals surface area contributed by atoms with Crippen molar-refractivity contribution >= 4 is 5.96 Å². The minimum Gasteiger partial charge on any atom is -0.357 e. The summed E-state index contributed by atoms with van der Waals surface area (Å²) < 4.78 is 1.97. The average Bonchev–Trinajstić information content (AvgIpc) is 3.31. The lowest BCUT2D eigenvalue weighted by atomic mass is 10.2. The first-order valence-corrected chi connectivity index (χ1v) is 10.4. The topological polar surface area (TPSA) is 57.5 Å². The highest BCUT2D eigenvalue weighted by atomic mass is 15.3. The van der Waals surface area contributed by atoms with Crippen molar-refractivity contribution < 1.29 is 0 Å². The van der Waals surface area contributed by atoms with E-state index >= 15 is 0 Å². The Kier molecular flexibility index (Phi) is 7.48. The van der Waals surface area contributed by atoms with E-state index in [1.807, 2.05) is 23.1 Å². The van der Waals surface area contributed by atoms with Gasteiger partial charge in [0.1, 0.15) is 0 Å². The second-order valence-corrected chi connectivity index (χ2v) is 7.89. The highest BCUT2D eigenvalue weighted by molar-refractivity contribution is 5.80. The second kappa shape index (κ2) is 10.3. The van der Waals surface area contributed by atoms with Crippen molar-refractivity contribution in [2.75, 3.05) is 19.6 Å². The minimum atomic E-state index is 0.429. The quantitative estimate of drug-likeness (QED) is 0.544. The molecule has 0 bridgehead atoms. The minimum absolute atomic E-state index is 0.429. The number of benzene rings is 1. The van der Waals surface area contributed by atoms with E-state index in [1.165, 1.54) is 5.56 Å². The molecule has 2 heterocycles. The molecular weight excluding hydrogens is 348 g/mol. The largest absolute Gasteiger partial charge is 0.357 e. The van der Waals surface area contributed by atoms with E-state index < -0.39 is 0 Å². The van der Waals surface area contributed by atoms with Crippen LogP contribution in [-0.4, -0.2) is 52.4 Å². The van der Waals surface area contributed by atoms with Gasteiger partial charge in [-0.2, -0.15) is 5.10 Å². The average molecular weight is 383 g/mol. The van der Waals surface area contributed by atoms with Crippen LogP contribution in [0.4, 0.5) is 0 Å². The molecule has 0 radical (unpaired) electrons. The maximum atomic E-state index is 4.83. The zero-order chi connectivity index (χ0) is 19.8. The summed E-state index contributed by atoms with van der Waals surface area (Å²) in [7, 11) is 0. The van der Waals surface area contributed by atoms with Gasteiger partial charge in [0.25, 0.3) is 0 Å². The van der Waals surface area contributed by atoms with Crippen molar-refractivity contribution in [1.29, 1.82) is 0 Å². The molecule has 1 aromatic heterocycles. The summed E-state index contributed by atoms with van der Waals surface area (Å²) in [5.74, 6) is 1.36. The third kappa shape index (κ3) is 6.09. The summed E-state index contributed by atoms with van der Waals surface area (Å²) in [4.78, 5) is 7.38. The number of likely N-dealkylation sites (tertiary alicyclic amines) is 1. The van der Waals surface area contributed by atoms with Crippen LogP contribution in [0, 0.1) is 5.92 Å². The zero-order valence-corrected chi connectivity index (χ0v) is 17.4. The molecule has 152 valence electrons. The standard InChI is InChI=1S/C22H34N6/c1-4-23-22(24-14-18(2)15-28-12-8-11-25-28)26-21-13-19(3)27(17-21)16-20-9-6-5-7-10-20/h5-12,18-19,21H,4,13-17H2,1-3H3,(H2,23,24,26). The van der Waals surface area contributed by atoms with Crippen molar-refractivity contribution in [2.24, 2.45) is 10.9 Å². The molecule has 1 saturated heterocycles. The van der Waals surface area contributed by atoms with Crippen LogP contribution in [-0.2, 0) is 13.1 Å². The zero-order valence-electron chi connectivity index (χ0n) is 17.4. The predicted molar refractivity (Wildman–Crippen MR) is 115 cm³/mol. The van der Waals surface area contributed by atoms with Crippen molar-refractivity contribution in [3.05, 3.63) is 54.4 Å². The highest BCUT2D eigenvalue weighted by Crippen LogP contribution is 2.20. The van der Waals surface area contributed by atoms with Crippen molar-refractivity contribution in [1.82, 2.24) is 25.3 Å². The Morgan fingerprint density at radius 2 is 2.11 bits per heavy atom. The molecule has 0 saturated carbocycles. The lowest BCUT2D eigenvalue weighted by Crippen LogP contribution is -2.44. The number of nitrogens with one attached hydrogen (secondary N) is 2. The molecule has 0 aliphatic carbocycles. The van der Waals surface area contributed by atoms with E-state index in [1.54, 1.807) is 0 Å². The normalized spacial score (nSPS) is 21.6. The number of hydrogen-bond acceptors (Lipinski definition) is 3. The lowest BCUT2D eigenvalue weighted by Gasteiger charge is -2.21. The molecule has 0 amide bonds. The Bertz CT molecular complexity index is 712. The molecule has 28 heavy (non-hydrogen) atoms. The third-order valence-corrected chi connectivity index (χ3v) is 5.24. The van der Waals surface area contributed by atoms with Crippen LogP contribution in [0.2, 0.25) is 0 Å². The fourth-order valence-electron chi connectivity index (χ4n) is 3.79. The molecule has 2 N–H and O–H groups in total. The van der Waals surface area contributed by atoms with Gasteiger partial charge in [0, 0.05) is 57.2 Å². The van der Waals surface area contributed by atoms with E-state index in [9.17, 15) is 0 Å². The third-order valence-electron chi connectivity index (χ3n) is 5.24. The van der Waals surface area contributed by atoms with E-state index in [-0.39, 0.29) is 0 Å². The SMILES string of the molecule is CCNC(=NCC(C)Cn1cccn1)NC1CC(C)N(Cc2ccccc2)C1. The predicted octanol–water partition coefficient (Wildman–Crippen LogP) is 2.74. The number of hydrogen-bond donors (Lipinski definition) is 2. The van der Waals surface area contributed by atoms with Crippen LogP contribution in [0.1, 0.15) is 32.8 Å². The van der Waals surface area contributed by atoms with Crippen LogP contribution < -0.4 is 10.6 Å². The Hall–Kier alpha value is -2.34. The van der Waals surface area contributed by atoms with Gasteiger partial charge in [-0.05, 0) is 37.8 Å². The Morgan fingerprint density at radius 3 is 2.82 bits per heavy atom. The van der Waals surface area contributed by atoms with Crippen molar-refractivity contribution in [3.63, 3.8) is 0 Å². The molecule has 3 atom stereocenters. The van der Waals surface area contributed by atoms with Crippen LogP contribution in [0.15, 0.2) is 53.8 Å². The van der Waals surface area contributed by atoms with Gasteiger partial charge in [-0.15, -0.1) is 0 Å². The molecule has 2 aromatic rings. The monoisotopic (exact) mass is 382 g/mol. The molecular formula is C22H34N6. The summed E-state index contributed by atoms with van der Waals surface area (Å²) >= 11 is 0. The van der Waals surface area contributed by atoms with Gasteiger partial charge in [-0.25, -0.2) is 0 Å². The highest BCUT2D eigenvalue weighted by Gasteiger charge is 2.29. The van der Waals surface area contributed by atoms with E-state index in [2.05, 4.69) is 71.7 Å². The Balaban J connectivity index is 1.51. The molecule has 0 spiro atoms. The molecule has 1 aliphatic heterocycles. The number of aliphatic imine (C=N–C) groups is 1. The number of guanidine groups is 1. The van der Waals surface area contributed by atoms with Crippen LogP contribution >= 0.6 is 0 Å². The van der Waals surface area contributed by atoms with E-state index in [0.717, 1.165) is 45.1 Å². The van der Waals surface area contributed by atoms with Gasteiger partial charge >= 0.3 is 0 Å². The maximum absolute atomic E-state index is 4.83. The summed E-state index contributed by atoms with van der Waals surface area (Å²) in [6, 6.07) is 13.7. The first-order valence-electron chi connectivity index (χ1n) is 10.4. The molecule has 3 unspecified atom stereocenters. The van der Waals surface area contributed by atoms with Gasteiger partial charge in [0.2, 0.25) is 0 Å². The first kappa shape index (κ1) is 20.4. The van der Waals surface area contributed by atoms with E-state index in [4.69, 9.17) is 4.99 Å². The number of nitrogens with zero attached hydrogens (tertiary/aromatic N) is 4. The second-order valence-electron chi connectivity index (χ2n) is 7.89. The van der Waals surface area contributed by atoms with Crippen LogP contribution in [0.3, 0.4) is 0 Å². The Labute approximate surface area is 169 Å². The molecule has 1 fully saturated rings. The van der Waals surface area contributed by atoms with Gasteiger partial charge in [-0.1, -0.05) is 37.3 Å². The molecule has 1 aliphatic rings. The summed E-state index contributed by atoms with van der Waals surface area (Å²) in [6.07, 6.45) is 4.97. The van der Waals surface area contributed by atoms with Crippen molar-refractivity contribution in [2.45, 2.75) is 52.4 Å². The van der Waals surface area contributed by atoms with Gasteiger partial charge in [0.15, 0.2) is 5.96 Å². The lowest BCUT2D eigenvalue weighted by molar-refractivity contribution is 0.258. The fourth-order valence-corrected chi connectivity index (χ4v) is 3.79. The van der Waals surface area contributed by atoms with Crippen LogP contribution in [0.5, 0.6) is 0 Å². The van der Waals surface area contributed by atoms with Crippen LogP contribution in [0.25, 0.3) is 0 Å². The van der Waals surface area contributed by atoms with E-state index in [0.29, 0.717) is 18.0 Å². The van der Waals surface area contributed by atoms with Gasteiger partial charge < -0.3 is 10.6 Å². The summed E-state index contributed by atoms with van der Waals surface area (Å²) in [5, 5.41) is 11.3. The molecule has 3 rings (SSSR count). The molecule has 1 aromatic carbocycles. The molecule has 6 heteroatoms. The fraction of sp³-hybridized carbons (Fsp3) is 0.545. The smallest absolute Gasteiger partial charge is 0.191 e. The molecule has 6 nitrogen and oxygen atoms in total. The van der Waals surface area contributed by atoms with Crippen molar-refractivity contribution in [3.8, 4) is 0 Å². The van der Waals surface area contributed by atoms with Gasteiger partial charge in [-0.3, -0.25) is 14.6 Å². The number of aromatic nitrogens is 2. The summed E-state index contributed by atoms with van der Waals surface area (Å²) in [5.41, 5.74) is 1.38.